The highest BCUT2D eigenvalue weighted by molar-refractivity contribution is 7.80. The summed E-state index contributed by atoms with van der Waals surface area (Å²) < 4.78 is 10.6. The monoisotopic (exact) mass is 555 g/mol. The molecule has 2 aromatic rings. The maximum absolute atomic E-state index is 14.2. The molecule has 2 N–H and O–H groups in total. The molecule has 2 atom stereocenters. The van der Waals surface area contributed by atoms with E-state index in [9.17, 15) is 14.4 Å². The molecule has 8 nitrogen and oxygen atoms in total. The van der Waals surface area contributed by atoms with Gasteiger partial charge in [0.1, 0.15) is 23.4 Å². The summed E-state index contributed by atoms with van der Waals surface area (Å²) in [5.41, 5.74) is 0.422. The zero-order valence-corrected chi connectivity index (χ0v) is 24.8. The van der Waals surface area contributed by atoms with Crippen LogP contribution < -0.4 is 15.4 Å². The van der Waals surface area contributed by atoms with Gasteiger partial charge in [-0.25, -0.2) is 4.79 Å². The van der Waals surface area contributed by atoms with Gasteiger partial charge >= 0.3 is 6.09 Å². The second kappa shape index (κ2) is 13.6. The van der Waals surface area contributed by atoms with Crippen LogP contribution in [0.25, 0.3) is 6.08 Å². The molecule has 0 saturated heterocycles. The third-order valence-corrected chi connectivity index (χ3v) is 6.62. The predicted molar refractivity (Wildman–Crippen MR) is 159 cm³/mol. The van der Waals surface area contributed by atoms with Crippen molar-refractivity contribution in [3.05, 3.63) is 66.2 Å². The van der Waals surface area contributed by atoms with Gasteiger partial charge in [0, 0.05) is 17.0 Å². The van der Waals surface area contributed by atoms with Crippen LogP contribution in [0.2, 0.25) is 0 Å². The summed E-state index contributed by atoms with van der Waals surface area (Å²) in [4.78, 5) is 42.3. The van der Waals surface area contributed by atoms with Crippen molar-refractivity contribution in [3.8, 4) is 5.75 Å². The quantitative estimate of drug-likeness (QED) is 0.302. The van der Waals surface area contributed by atoms with Crippen LogP contribution in [0.4, 0.5) is 10.5 Å². The first-order chi connectivity index (χ1) is 18.3. The first kappa shape index (κ1) is 31.8. The van der Waals surface area contributed by atoms with Crippen molar-refractivity contribution in [1.82, 2.24) is 10.2 Å². The Morgan fingerprint density at radius 2 is 1.72 bits per heavy atom. The number of nitrogens with zero attached hydrogens (tertiary/aromatic N) is 1. The molecule has 0 aromatic heterocycles. The van der Waals surface area contributed by atoms with E-state index in [-0.39, 0.29) is 5.75 Å². The SMILES string of the molecule is C=Cc1cccc(C(C(=O)Nc2ccc(OC)cc2)N(C(=O)C(CS)NC(=O)OC(C)(C)C)C(C)(C)CC)c1. The van der Waals surface area contributed by atoms with E-state index in [0.717, 1.165) is 5.56 Å². The molecule has 0 aliphatic carbocycles. The fourth-order valence-electron chi connectivity index (χ4n) is 3.91. The van der Waals surface area contributed by atoms with Crippen molar-refractivity contribution in [3.63, 3.8) is 0 Å². The molecule has 39 heavy (non-hydrogen) atoms. The Labute approximate surface area is 237 Å². The molecule has 0 saturated carbocycles. The molecule has 3 amide bonds. The number of alkyl carbamates (subject to hydrolysis) is 1. The van der Waals surface area contributed by atoms with Gasteiger partial charge in [0.05, 0.1) is 7.11 Å². The molecule has 0 bridgehead atoms. The van der Waals surface area contributed by atoms with E-state index in [2.05, 4.69) is 29.8 Å². The van der Waals surface area contributed by atoms with Gasteiger partial charge in [0.25, 0.3) is 5.91 Å². The smallest absolute Gasteiger partial charge is 0.408 e. The van der Waals surface area contributed by atoms with Crippen molar-refractivity contribution >= 4 is 42.3 Å². The topological polar surface area (TPSA) is 97.0 Å². The van der Waals surface area contributed by atoms with Gasteiger partial charge in [-0.05, 0) is 82.5 Å². The molecule has 212 valence electrons. The number of amides is 3. The molecular weight excluding hydrogens is 514 g/mol. The minimum atomic E-state index is -1.03. The molecule has 2 aromatic carbocycles. The van der Waals surface area contributed by atoms with Gasteiger partial charge in [0.2, 0.25) is 5.91 Å². The molecule has 0 radical (unpaired) electrons. The van der Waals surface area contributed by atoms with E-state index in [1.165, 1.54) is 4.90 Å². The highest BCUT2D eigenvalue weighted by atomic mass is 32.1. The van der Waals surface area contributed by atoms with Crippen molar-refractivity contribution in [2.24, 2.45) is 0 Å². The van der Waals surface area contributed by atoms with Crippen molar-refractivity contribution in [2.75, 3.05) is 18.2 Å². The summed E-state index contributed by atoms with van der Waals surface area (Å²) >= 11 is 4.36. The molecule has 9 heteroatoms. The fraction of sp³-hybridized carbons (Fsp3) is 0.433. The van der Waals surface area contributed by atoms with Gasteiger partial charge < -0.3 is 25.0 Å². The van der Waals surface area contributed by atoms with E-state index >= 15 is 0 Å². The third-order valence-electron chi connectivity index (χ3n) is 6.25. The molecule has 0 aliphatic heterocycles. The second-order valence-electron chi connectivity index (χ2n) is 10.8. The van der Waals surface area contributed by atoms with Crippen LogP contribution in [0, 0.1) is 0 Å². The number of rotatable bonds is 11. The predicted octanol–water partition coefficient (Wildman–Crippen LogP) is 5.86. The normalized spacial score (nSPS) is 13.0. The minimum absolute atomic E-state index is 0.00782. The number of hydrogen-bond donors (Lipinski definition) is 3. The number of carbonyl (C=O) groups is 3. The van der Waals surface area contributed by atoms with Crippen molar-refractivity contribution < 1.29 is 23.9 Å². The summed E-state index contributed by atoms with van der Waals surface area (Å²) in [5.74, 6) is -0.210. The number of benzene rings is 2. The molecule has 2 rings (SSSR count). The average molecular weight is 556 g/mol. The lowest BCUT2D eigenvalue weighted by Crippen LogP contribution is -2.59. The van der Waals surface area contributed by atoms with Gasteiger partial charge in [-0.2, -0.15) is 12.6 Å². The maximum atomic E-state index is 14.2. The van der Waals surface area contributed by atoms with E-state index in [0.29, 0.717) is 23.4 Å². The molecule has 2 unspecified atom stereocenters. The zero-order valence-electron chi connectivity index (χ0n) is 23.9. The van der Waals surface area contributed by atoms with E-state index in [1.807, 2.05) is 39.0 Å². The summed E-state index contributed by atoms with van der Waals surface area (Å²) in [5, 5.41) is 5.58. The van der Waals surface area contributed by atoms with Gasteiger partial charge in [-0.1, -0.05) is 37.8 Å². The number of anilines is 1. The van der Waals surface area contributed by atoms with E-state index < -0.39 is 41.1 Å². The Morgan fingerprint density at radius 3 is 2.23 bits per heavy atom. The van der Waals surface area contributed by atoms with Crippen LogP contribution in [-0.4, -0.2) is 52.9 Å². The standard InChI is InChI=1S/C30H41N3O5S/c1-9-20-12-11-13-21(18-20)25(26(34)31-22-14-16-23(37-8)17-15-22)33(30(6,7)10-2)27(35)24(19-39)32-28(36)38-29(3,4)5/h9,11-18,24-25,39H,1,10,19H2,2-8H3,(H,31,34)(H,32,36). The molecule has 0 heterocycles. The minimum Gasteiger partial charge on any atom is -0.497 e. The average Bonchev–Trinajstić information content (AvgIpc) is 2.89. The van der Waals surface area contributed by atoms with Gasteiger partial charge in [-0.3, -0.25) is 9.59 Å². The summed E-state index contributed by atoms with van der Waals surface area (Å²) in [6.45, 7) is 14.8. The Morgan fingerprint density at radius 1 is 1.08 bits per heavy atom. The van der Waals surface area contributed by atoms with Crippen LogP contribution in [0.15, 0.2) is 55.1 Å². The van der Waals surface area contributed by atoms with Gasteiger partial charge in [-0.15, -0.1) is 0 Å². The summed E-state index contributed by atoms with van der Waals surface area (Å²) in [6, 6.07) is 12.2. The number of thiol groups is 1. The second-order valence-corrected chi connectivity index (χ2v) is 11.1. The Kier molecular flexibility index (Phi) is 11.0. The van der Waals surface area contributed by atoms with Crippen LogP contribution in [0.3, 0.4) is 0 Å². The van der Waals surface area contributed by atoms with Gasteiger partial charge in [0.15, 0.2) is 0 Å². The summed E-state index contributed by atoms with van der Waals surface area (Å²) in [7, 11) is 1.57. The van der Waals surface area contributed by atoms with Crippen molar-refractivity contribution in [2.45, 2.75) is 71.2 Å². The molecule has 0 fully saturated rings. The lowest BCUT2D eigenvalue weighted by molar-refractivity contribution is -0.147. The highest BCUT2D eigenvalue weighted by Crippen LogP contribution is 2.33. The number of methoxy groups -OCH3 is 1. The Hall–Kier alpha value is -3.46. The first-order valence-corrected chi connectivity index (χ1v) is 13.5. The van der Waals surface area contributed by atoms with E-state index in [4.69, 9.17) is 9.47 Å². The number of hydrogen-bond acceptors (Lipinski definition) is 6. The Bertz CT molecular complexity index is 1160. The number of ether oxygens (including phenoxy) is 2. The summed E-state index contributed by atoms with van der Waals surface area (Å²) in [6.07, 6.45) is 1.48. The number of nitrogens with one attached hydrogen (secondary N) is 2. The zero-order chi connectivity index (χ0) is 29.4. The highest BCUT2D eigenvalue weighted by Gasteiger charge is 2.43. The van der Waals surface area contributed by atoms with Crippen LogP contribution in [0.1, 0.15) is 65.1 Å². The van der Waals surface area contributed by atoms with Crippen molar-refractivity contribution in [1.29, 1.82) is 0 Å². The largest absolute Gasteiger partial charge is 0.497 e. The molecule has 0 spiro atoms. The molecular formula is C30H41N3O5S. The third kappa shape index (κ3) is 8.78. The van der Waals surface area contributed by atoms with Crippen LogP contribution >= 0.6 is 12.6 Å². The Balaban J connectivity index is 2.60. The lowest BCUT2D eigenvalue weighted by atomic mass is 9.91. The fourth-order valence-corrected chi connectivity index (χ4v) is 4.15. The maximum Gasteiger partial charge on any atom is 0.408 e. The molecule has 0 aliphatic rings. The van der Waals surface area contributed by atoms with Crippen LogP contribution in [0.5, 0.6) is 5.75 Å². The van der Waals surface area contributed by atoms with Crippen LogP contribution in [-0.2, 0) is 14.3 Å². The number of carbonyl (C=O) groups excluding carboxylic acids is 3. The first-order valence-electron chi connectivity index (χ1n) is 12.9. The van der Waals surface area contributed by atoms with E-state index in [1.54, 1.807) is 64.3 Å². The lowest BCUT2D eigenvalue weighted by Gasteiger charge is -2.44.